The molecule has 1 aliphatic heterocycles. The molecular weight excluding hydrogens is 316 g/mol. The van der Waals surface area contributed by atoms with E-state index in [-0.39, 0.29) is 6.04 Å². The predicted octanol–water partition coefficient (Wildman–Crippen LogP) is 2.40. The molecule has 0 bridgehead atoms. The Labute approximate surface area is 148 Å². The molecule has 25 heavy (non-hydrogen) atoms. The van der Waals surface area contributed by atoms with Crippen LogP contribution in [0.15, 0.2) is 24.7 Å². The van der Waals surface area contributed by atoms with E-state index in [0.29, 0.717) is 12.1 Å². The Hall–Kier alpha value is -2.21. The van der Waals surface area contributed by atoms with E-state index >= 15 is 0 Å². The number of likely N-dealkylation sites (tertiary alicyclic amines) is 1. The lowest BCUT2D eigenvalue weighted by Crippen LogP contribution is -2.39. The van der Waals surface area contributed by atoms with Crippen LogP contribution in [-0.2, 0) is 4.79 Å². The van der Waals surface area contributed by atoms with Crippen molar-refractivity contribution in [1.29, 1.82) is 0 Å². The predicted molar refractivity (Wildman–Crippen MR) is 97.7 cm³/mol. The smallest absolute Gasteiger partial charge is 0.292 e. The molecule has 1 N–H and O–H groups in total. The van der Waals surface area contributed by atoms with Crippen molar-refractivity contribution in [1.82, 2.24) is 19.8 Å². The zero-order valence-corrected chi connectivity index (χ0v) is 15.0. The highest BCUT2D eigenvalue weighted by Crippen LogP contribution is 2.24. The van der Waals surface area contributed by atoms with Gasteiger partial charge in [0.1, 0.15) is 0 Å². The third-order valence-electron chi connectivity index (χ3n) is 4.80. The number of hydrogen-bond donors (Lipinski definition) is 1. The summed E-state index contributed by atoms with van der Waals surface area (Å²) in [6.45, 7) is 7.56. The maximum Gasteiger partial charge on any atom is 0.292 e. The van der Waals surface area contributed by atoms with Crippen LogP contribution >= 0.6 is 0 Å². The molecule has 0 unspecified atom stereocenters. The first-order valence-corrected chi connectivity index (χ1v) is 9.07. The molecule has 2 aromatic rings. The van der Waals surface area contributed by atoms with Crippen LogP contribution in [-0.4, -0.2) is 52.3 Å². The van der Waals surface area contributed by atoms with Crippen molar-refractivity contribution in [2.24, 2.45) is 0 Å². The molecule has 1 aliphatic rings. The van der Waals surface area contributed by atoms with Gasteiger partial charge in [-0.2, -0.15) is 0 Å². The molecule has 3 rings (SSSR count). The molecule has 0 aromatic carbocycles. The van der Waals surface area contributed by atoms with Crippen molar-refractivity contribution < 1.29 is 9.59 Å². The highest BCUT2D eigenvalue weighted by atomic mass is 16.2. The molecule has 3 heterocycles. The van der Waals surface area contributed by atoms with Crippen molar-refractivity contribution in [3.8, 4) is 0 Å². The highest BCUT2D eigenvalue weighted by molar-refractivity contribution is 6.44. The molecule has 0 spiro atoms. The fourth-order valence-corrected chi connectivity index (χ4v) is 3.42. The first-order chi connectivity index (χ1) is 12.1. The van der Waals surface area contributed by atoms with E-state index in [4.69, 9.17) is 0 Å². The van der Waals surface area contributed by atoms with Crippen molar-refractivity contribution >= 4 is 22.6 Å². The Kier molecular flexibility index (Phi) is 5.48. The summed E-state index contributed by atoms with van der Waals surface area (Å²) < 4.78 is 2.01. The van der Waals surface area contributed by atoms with Crippen molar-refractivity contribution in [2.75, 3.05) is 26.2 Å². The van der Waals surface area contributed by atoms with Gasteiger partial charge in [-0.3, -0.25) is 14.6 Å². The molecule has 0 radical (unpaired) electrons. The number of aromatic nitrogens is 2. The quantitative estimate of drug-likeness (QED) is 0.647. The average Bonchev–Trinajstić information content (AvgIpc) is 3.02. The molecular formula is C19H26N4O2. The number of carbonyl (C=O) groups excluding carboxylic acids is 2. The number of ketones is 1. The number of carbonyl (C=O) groups is 2. The zero-order chi connectivity index (χ0) is 17.8. The number of nitrogens with zero attached hydrogens (tertiary/aromatic N) is 3. The molecule has 1 amide bonds. The lowest BCUT2D eigenvalue weighted by Gasteiger charge is -2.26. The Bertz CT molecular complexity index is 760. The van der Waals surface area contributed by atoms with Crippen molar-refractivity contribution in [2.45, 2.75) is 39.2 Å². The molecule has 134 valence electrons. The number of amides is 1. The maximum absolute atomic E-state index is 12.6. The fourth-order valence-electron chi connectivity index (χ4n) is 3.42. The van der Waals surface area contributed by atoms with E-state index in [0.717, 1.165) is 30.5 Å². The third kappa shape index (κ3) is 3.90. The van der Waals surface area contributed by atoms with Gasteiger partial charge in [0, 0.05) is 43.1 Å². The van der Waals surface area contributed by atoms with Crippen LogP contribution in [0.1, 0.15) is 49.5 Å². The van der Waals surface area contributed by atoms with Crippen LogP contribution in [0, 0.1) is 0 Å². The van der Waals surface area contributed by atoms with Crippen LogP contribution < -0.4 is 5.32 Å². The minimum absolute atomic E-state index is 0.202. The Morgan fingerprint density at radius 1 is 1.24 bits per heavy atom. The fraction of sp³-hybridized carbons (Fsp3) is 0.526. The summed E-state index contributed by atoms with van der Waals surface area (Å²) in [6.07, 6.45) is 8.85. The number of Topliss-reactive ketones (excluding diaryl/α,β-unsaturated/α-hetero) is 1. The van der Waals surface area contributed by atoms with E-state index in [1.165, 1.54) is 19.3 Å². The minimum atomic E-state index is -0.538. The molecule has 6 nitrogen and oxygen atoms in total. The second kappa shape index (κ2) is 7.78. The van der Waals surface area contributed by atoms with Crippen LogP contribution in [0.3, 0.4) is 0 Å². The second-order valence-electron chi connectivity index (χ2n) is 6.92. The van der Waals surface area contributed by atoms with E-state index in [1.807, 2.05) is 24.5 Å². The van der Waals surface area contributed by atoms with Gasteiger partial charge >= 0.3 is 0 Å². The molecule has 6 heteroatoms. The third-order valence-corrected chi connectivity index (χ3v) is 4.80. The summed E-state index contributed by atoms with van der Waals surface area (Å²) in [5.74, 6) is -1.03. The van der Waals surface area contributed by atoms with E-state index in [2.05, 4.69) is 15.2 Å². The Morgan fingerprint density at radius 3 is 2.72 bits per heavy atom. The second-order valence-corrected chi connectivity index (χ2v) is 6.92. The number of nitrogens with one attached hydrogen (secondary N) is 1. The van der Waals surface area contributed by atoms with Crippen LogP contribution in [0.4, 0.5) is 0 Å². The van der Waals surface area contributed by atoms with Gasteiger partial charge in [0.15, 0.2) is 0 Å². The standard InChI is InChI=1S/C19H26N4O2/c1-14(2)23-13-16(15-12-20-7-6-17(15)23)18(24)19(25)21-8-11-22-9-4-3-5-10-22/h6-7,12-14H,3-5,8-11H2,1-2H3,(H,21,25). The number of piperidine rings is 1. The molecule has 2 aromatic heterocycles. The Morgan fingerprint density at radius 2 is 2.00 bits per heavy atom. The average molecular weight is 342 g/mol. The minimum Gasteiger partial charge on any atom is -0.348 e. The number of hydrogen-bond acceptors (Lipinski definition) is 4. The van der Waals surface area contributed by atoms with E-state index in [1.54, 1.807) is 18.6 Å². The van der Waals surface area contributed by atoms with Gasteiger partial charge < -0.3 is 14.8 Å². The van der Waals surface area contributed by atoms with Crippen LogP contribution in [0.5, 0.6) is 0 Å². The van der Waals surface area contributed by atoms with Gasteiger partial charge in [-0.1, -0.05) is 6.42 Å². The maximum atomic E-state index is 12.6. The van der Waals surface area contributed by atoms with Crippen LogP contribution in [0.2, 0.25) is 0 Å². The normalized spacial score (nSPS) is 15.6. The number of rotatable bonds is 6. The molecule has 1 fully saturated rings. The molecule has 0 aliphatic carbocycles. The van der Waals surface area contributed by atoms with Gasteiger partial charge in [0.2, 0.25) is 0 Å². The van der Waals surface area contributed by atoms with Gasteiger partial charge in [0.25, 0.3) is 11.7 Å². The summed E-state index contributed by atoms with van der Waals surface area (Å²) >= 11 is 0. The van der Waals surface area contributed by atoms with E-state index < -0.39 is 11.7 Å². The molecule has 0 atom stereocenters. The van der Waals surface area contributed by atoms with Crippen molar-refractivity contribution in [3.63, 3.8) is 0 Å². The lowest BCUT2D eigenvalue weighted by molar-refractivity contribution is -0.117. The summed E-state index contributed by atoms with van der Waals surface area (Å²) in [7, 11) is 0. The lowest BCUT2D eigenvalue weighted by atomic mass is 10.1. The van der Waals surface area contributed by atoms with Gasteiger partial charge in [-0.15, -0.1) is 0 Å². The van der Waals surface area contributed by atoms with Gasteiger partial charge in [-0.05, 0) is 45.8 Å². The van der Waals surface area contributed by atoms with Crippen LogP contribution in [0.25, 0.3) is 10.9 Å². The first-order valence-electron chi connectivity index (χ1n) is 9.07. The first kappa shape index (κ1) is 17.6. The van der Waals surface area contributed by atoms with E-state index in [9.17, 15) is 9.59 Å². The molecule has 1 saturated heterocycles. The Balaban J connectivity index is 1.67. The summed E-state index contributed by atoms with van der Waals surface area (Å²) in [5.41, 5.74) is 1.35. The number of pyridine rings is 1. The van der Waals surface area contributed by atoms with Gasteiger partial charge in [0.05, 0.1) is 11.1 Å². The largest absolute Gasteiger partial charge is 0.348 e. The molecule has 0 saturated carbocycles. The summed E-state index contributed by atoms with van der Waals surface area (Å²) in [4.78, 5) is 31.4. The van der Waals surface area contributed by atoms with Crippen molar-refractivity contribution in [3.05, 3.63) is 30.2 Å². The highest BCUT2D eigenvalue weighted by Gasteiger charge is 2.22. The zero-order valence-electron chi connectivity index (χ0n) is 15.0. The monoisotopic (exact) mass is 342 g/mol. The topological polar surface area (TPSA) is 67.2 Å². The summed E-state index contributed by atoms with van der Waals surface area (Å²) in [6, 6.07) is 2.08. The number of fused-ring (bicyclic) bond motifs is 1. The SMILES string of the molecule is CC(C)n1cc(C(=O)C(=O)NCCN2CCCCC2)c2cnccc21. The summed E-state index contributed by atoms with van der Waals surface area (Å²) in [5, 5.41) is 3.50. The van der Waals surface area contributed by atoms with Gasteiger partial charge in [-0.25, -0.2) is 0 Å².